The molecule has 5 nitrogen and oxygen atoms in total. The van der Waals surface area contributed by atoms with Crippen LogP contribution in [0, 0.1) is 6.92 Å². The van der Waals surface area contributed by atoms with E-state index in [4.69, 9.17) is 9.47 Å². The number of nitrogens with zero attached hydrogens (tertiary/aromatic N) is 2. The van der Waals surface area contributed by atoms with E-state index in [2.05, 4.69) is 43.4 Å². The van der Waals surface area contributed by atoms with Crippen LogP contribution in [0.3, 0.4) is 0 Å². The molecule has 1 aromatic heterocycles. The summed E-state index contributed by atoms with van der Waals surface area (Å²) in [6.07, 6.45) is 4.90. The van der Waals surface area contributed by atoms with Crippen molar-refractivity contribution in [3.05, 3.63) is 41.7 Å². The Morgan fingerprint density at radius 3 is 2.87 bits per heavy atom. The zero-order valence-electron chi connectivity index (χ0n) is 14.1. The highest BCUT2D eigenvalue weighted by Gasteiger charge is 2.17. The highest BCUT2D eigenvalue weighted by Crippen LogP contribution is 2.33. The van der Waals surface area contributed by atoms with Crippen LogP contribution in [-0.2, 0) is 6.54 Å². The number of rotatable bonds is 5. The third-order valence-corrected chi connectivity index (χ3v) is 4.34. The first kappa shape index (κ1) is 15.9. The van der Waals surface area contributed by atoms with E-state index in [-0.39, 0.29) is 12.1 Å². The smallest absolute Gasteiger partial charge is 0.165 e. The standard InChI is InChI=1S/C18H25N3O2/c1-13-10-20-21(12-13)15(3)14(2)19-11-16-6-4-7-17-18(16)23-9-5-8-22-17/h4,6-7,10,12,14-15,19H,5,8-9,11H2,1-3H3/t14-,15+/m0/s1. The minimum Gasteiger partial charge on any atom is -0.490 e. The van der Waals surface area contributed by atoms with Crippen molar-refractivity contribution in [3.63, 3.8) is 0 Å². The van der Waals surface area contributed by atoms with Gasteiger partial charge in [0.05, 0.1) is 25.5 Å². The summed E-state index contributed by atoms with van der Waals surface area (Å²) in [6, 6.07) is 6.66. The maximum absolute atomic E-state index is 5.88. The summed E-state index contributed by atoms with van der Waals surface area (Å²) in [7, 11) is 0. The molecule has 0 amide bonds. The molecule has 0 saturated heterocycles. The van der Waals surface area contributed by atoms with Gasteiger partial charge in [0, 0.05) is 30.8 Å². The SMILES string of the molecule is Cc1cnn([C@H](C)[C@H](C)NCc2cccc3c2OCCCO3)c1. The minimum atomic E-state index is 0.281. The molecule has 2 aromatic rings. The van der Waals surface area contributed by atoms with E-state index < -0.39 is 0 Å². The first-order chi connectivity index (χ1) is 11.1. The number of ether oxygens (including phenoxy) is 2. The monoisotopic (exact) mass is 315 g/mol. The van der Waals surface area contributed by atoms with Gasteiger partial charge in [0.2, 0.25) is 0 Å². The Balaban J connectivity index is 1.66. The molecule has 0 spiro atoms. The van der Waals surface area contributed by atoms with Gasteiger partial charge in [-0.3, -0.25) is 4.68 Å². The van der Waals surface area contributed by atoms with Gasteiger partial charge < -0.3 is 14.8 Å². The van der Waals surface area contributed by atoms with Gasteiger partial charge in [-0.25, -0.2) is 0 Å². The van der Waals surface area contributed by atoms with E-state index in [0.717, 1.165) is 36.6 Å². The molecule has 0 unspecified atom stereocenters. The van der Waals surface area contributed by atoms with Crippen molar-refractivity contribution in [3.8, 4) is 11.5 Å². The minimum absolute atomic E-state index is 0.281. The number of para-hydroxylation sites is 1. The molecule has 0 saturated carbocycles. The molecule has 1 aliphatic rings. The Bertz CT molecular complexity index is 653. The molecule has 0 radical (unpaired) electrons. The first-order valence-electron chi connectivity index (χ1n) is 8.27. The summed E-state index contributed by atoms with van der Waals surface area (Å²) in [6.45, 7) is 8.59. The van der Waals surface area contributed by atoms with Gasteiger partial charge in [0.15, 0.2) is 11.5 Å². The highest BCUT2D eigenvalue weighted by atomic mass is 16.5. The van der Waals surface area contributed by atoms with Gasteiger partial charge in [-0.2, -0.15) is 5.10 Å². The Hall–Kier alpha value is -2.01. The van der Waals surface area contributed by atoms with Crippen molar-refractivity contribution in [2.45, 2.75) is 45.8 Å². The molecule has 3 rings (SSSR count). The predicted molar refractivity (Wildman–Crippen MR) is 90.0 cm³/mol. The largest absolute Gasteiger partial charge is 0.490 e. The predicted octanol–water partition coefficient (Wildman–Crippen LogP) is 3.09. The molecule has 0 fully saturated rings. The van der Waals surface area contributed by atoms with Crippen LogP contribution in [0.25, 0.3) is 0 Å². The molecule has 1 aromatic carbocycles. The van der Waals surface area contributed by atoms with Crippen molar-refractivity contribution in [2.75, 3.05) is 13.2 Å². The molecular weight excluding hydrogens is 290 g/mol. The molecule has 0 aliphatic carbocycles. The Kier molecular flexibility index (Phi) is 4.86. The number of aromatic nitrogens is 2. The zero-order chi connectivity index (χ0) is 16.2. The Morgan fingerprint density at radius 2 is 2.09 bits per heavy atom. The van der Waals surface area contributed by atoms with Crippen LogP contribution in [0.15, 0.2) is 30.6 Å². The van der Waals surface area contributed by atoms with Gasteiger partial charge in [-0.1, -0.05) is 12.1 Å². The summed E-state index contributed by atoms with van der Waals surface area (Å²) >= 11 is 0. The van der Waals surface area contributed by atoms with Gasteiger partial charge in [-0.15, -0.1) is 0 Å². The van der Waals surface area contributed by atoms with Crippen LogP contribution < -0.4 is 14.8 Å². The quantitative estimate of drug-likeness (QED) is 0.921. The fourth-order valence-electron chi connectivity index (χ4n) is 2.72. The van der Waals surface area contributed by atoms with Crippen LogP contribution in [0.4, 0.5) is 0 Å². The molecule has 0 bridgehead atoms. The van der Waals surface area contributed by atoms with E-state index in [1.807, 2.05) is 23.0 Å². The van der Waals surface area contributed by atoms with E-state index in [0.29, 0.717) is 6.61 Å². The lowest BCUT2D eigenvalue weighted by atomic mass is 10.1. The van der Waals surface area contributed by atoms with E-state index in [1.54, 1.807) is 0 Å². The number of hydrogen-bond acceptors (Lipinski definition) is 4. The average molecular weight is 315 g/mol. The summed E-state index contributed by atoms with van der Waals surface area (Å²) in [5.41, 5.74) is 2.32. The van der Waals surface area contributed by atoms with Crippen LogP contribution in [0.5, 0.6) is 11.5 Å². The summed E-state index contributed by atoms with van der Waals surface area (Å²) in [5.74, 6) is 1.73. The molecular formula is C18H25N3O2. The van der Waals surface area contributed by atoms with E-state index in [1.165, 1.54) is 5.56 Å². The number of hydrogen-bond donors (Lipinski definition) is 1. The molecule has 23 heavy (non-hydrogen) atoms. The van der Waals surface area contributed by atoms with Crippen molar-refractivity contribution in [2.24, 2.45) is 0 Å². The lowest BCUT2D eigenvalue weighted by molar-refractivity contribution is 0.295. The van der Waals surface area contributed by atoms with Gasteiger partial charge >= 0.3 is 0 Å². The van der Waals surface area contributed by atoms with E-state index >= 15 is 0 Å². The topological polar surface area (TPSA) is 48.3 Å². The Morgan fingerprint density at radius 1 is 1.26 bits per heavy atom. The molecule has 1 aliphatic heterocycles. The lowest BCUT2D eigenvalue weighted by Crippen LogP contribution is -2.33. The fraction of sp³-hybridized carbons (Fsp3) is 0.500. The molecule has 1 N–H and O–H groups in total. The van der Waals surface area contributed by atoms with Crippen molar-refractivity contribution < 1.29 is 9.47 Å². The number of aryl methyl sites for hydroxylation is 1. The van der Waals surface area contributed by atoms with Gasteiger partial charge in [0.1, 0.15) is 0 Å². The van der Waals surface area contributed by atoms with Crippen LogP contribution in [-0.4, -0.2) is 29.0 Å². The highest BCUT2D eigenvalue weighted by molar-refractivity contribution is 5.47. The summed E-state index contributed by atoms with van der Waals surface area (Å²) in [4.78, 5) is 0. The zero-order valence-corrected chi connectivity index (χ0v) is 14.1. The van der Waals surface area contributed by atoms with Crippen LogP contribution in [0.2, 0.25) is 0 Å². The average Bonchev–Trinajstić information content (AvgIpc) is 2.84. The summed E-state index contributed by atoms with van der Waals surface area (Å²) in [5, 5.41) is 7.99. The molecule has 124 valence electrons. The van der Waals surface area contributed by atoms with Crippen molar-refractivity contribution in [1.82, 2.24) is 15.1 Å². The second-order valence-electron chi connectivity index (χ2n) is 6.20. The third kappa shape index (κ3) is 3.67. The lowest BCUT2D eigenvalue weighted by Gasteiger charge is -2.22. The van der Waals surface area contributed by atoms with Gasteiger partial charge in [-0.05, 0) is 32.4 Å². The molecule has 2 atom stereocenters. The summed E-state index contributed by atoms with van der Waals surface area (Å²) < 4.78 is 13.6. The Labute approximate surface area is 137 Å². The van der Waals surface area contributed by atoms with Crippen LogP contribution >= 0.6 is 0 Å². The maximum atomic E-state index is 5.88. The van der Waals surface area contributed by atoms with E-state index in [9.17, 15) is 0 Å². The number of fused-ring (bicyclic) bond motifs is 1. The third-order valence-electron chi connectivity index (χ3n) is 4.34. The molecule has 5 heteroatoms. The van der Waals surface area contributed by atoms with Crippen LogP contribution in [0.1, 0.15) is 37.4 Å². The second-order valence-corrected chi connectivity index (χ2v) is 6.20. The normalized spacial score (nSPS) is 16.7. The number of nitrogens with one attached hydrogen (secondary N) is 1. The van der Waals surface area contributed by atoms with Gasteiger partial charge in [0.25, 0.3) is 0 Å². The van der Waals surface area contributed by atoms with Crippen molar-refractivity contribution >= 4 is 0 Å². The maximum Gasteiger partial charge on any atom is 0.165 e. The molecule has 2 heterocycles. The fourth-order valence-corrected chi connectivity index (χ4v) is 2.72. The second kappa shape index (κ2) is 7.04. The number of benzene rings is 1. The van der Waals surface area contributed by atoms with Crippen molar-refractivity contribution in [1.29, 1.82) is 0 Å². The first-order valence-corrected chi connectivity index (χ1v) is 8.27.